The van der Waals surface area contributed by atoms with Crippen LogP contribution in [0.4, 0.5) is 0 Å². The third kappa shape index (κ3) is 6.30. The molecule has 0 bridgehead atoms. The summed E-state index contributed by atoms with van der Waals surface area (Å²) in [5.74, 6) is 3.17. The van der Waals surface area contributed by atoms with E-state index < -0.39 is 0 Å². The highest BCUT2D eigenvalue weighted by molar-refractivity contribution is 5.87. The molecule has 0 atom stereocenters. The van der Waals surface area contributed by atoms with Crippen LogP contribution < -0.4 is 9.47 Å². The standard InChI is InChI=1S/C26H35N3O2/c1-4-12-29(13-11-20-5-6-20)14-15-30-21-7-9-23-25(16-21)27-24-10-8-22(17-26(24)28-23)31-18-19(2)3/h7-10,16-17,19-20H,4-6,11-15,18H2,1-3H3. The van der Waals surface area contributed by atoms with E-state index in [1.54, 1.807) is 0 Å². The second-order valence-corrected chi connectivity index (χ2v) is 9.15. The third-order valence-corrected chi connectivity index (χ3v) is 5.73. The number of rotatable bonds is 12. The summed E-state index contributed by atoms with van der Waals surface area (Å²) >= 11 is 0. The topological polar surface area (TPSA) is 47.5 Å². The molecule has 0 radical (unpaired) electrons. The molecule has 31 heavy (non-hydrogen) atoms. The van der Waals surface area contributed by atoms with E-state index in [-0.39, 0.29) is 0 Å². The molecule has 0 amide bonds. The minimum Gasteiger partial charge on any atom is -0.493 e. The van der Waals surface area contributed by atoms with Gasteiger partial charge in [-0.15, -0.1) is 0 Å². The summed E-state index contributed by atoms with van der Waals surface area (Å²) in [5.41, 5.74) is 3.46. The molecule has 1 aliphatic carbocycles. The van der Waals surface area contributed by atoms with E-state index in [9.17, 15) is 0 Å². The first-order chi connectivity index (χ1) is 15.1. The third-order valence-electron chi connectivity index (χ3n) is 5.73. The van der Waals surface area contributed by atoms with Crippen LogP contribution in [0.25, 0.3) is 22.1 Å². The number of hydrogen-bond acceptors (Lipinski definition) is 5. The number of nitrogens with zero attached hydrogens (tertiary/aromatic N) is 3. The van der Waals surface area contributed by atoms with Crippen molar-refractivity contribution in [3.63, 3.8) is 0 Å². The van der Waals surface area contributed by atoms with Crippen LogP contribution in [0, 0.1) is 11.8 Å². The van der Waals surface area contributed by atoms with Crippen molar-refractivity contribution in [3.05, 3.63) is 36.4 Å². The molecule has 0 aliphatic heterocycles. The summed E-state index contributed by atoms with van der Waals surface area (Å²) < 4.78 is 11.9. The summed E-state index contributed by atoms with van der Waals surface area (Å²) in [7, 11) is 0. The molecule has 1 aliphatic rings. The summed E-state index contributed by atoms with van der Waals surface area (Å²) in [5, 5.41) is 0. The maximum atomic E-state index is 6.07. The van der Waals surface area contributed by atoms with Crippen molar-refractivity contribution in [1.82, 2.24) is 14.9 Å². The molecule has 0 spiro atoms. The Hall–Kier alpha value is -2.40. The van der Waals surface area contributed by atoms with Gasteiger partial charge in [-0.1, -0.05) is 33.6 Å². The lowest BCUT2D eigenvalue weighted by Gasteiger charge is -2.21. The van der Waals surface area contributed by atoms with E-state index in [1.807, 2.05) is 36.4 Å². The van der Waals surface area contributed by atoms with Gasteiger partial charge in [-0.05, 0) is 62.0 Å². The molecule has 0 N–H and O–H groups in total. The molecule has 0 unspecified atom stereocenters. The summed E-state index contributed by atoms with van der Waals surface area (Å²) in [4.78, 5) is 12.1. The Morgan fingerprint density at radius 2 is 1.52 bits per heavy atom. The molecule has 5 heteroatoms. The Kier molecular flexibility index (Phi) is 7.23. The van der Waals surface area contributed by atoms with Crippen LogP contribution in [0.5, 0.6) is 11.5 Å². The van der Waals surface area contributed by atoms with Gasteiger partial charge in [-0.2, -0.15) is 0 Å². The van der Waals surface area contributed by atoms with Crippen LogP contribution in [-0.2, 0) is 0 Å². The number of ether oxygens (including phenoxy) is 2. The maximum absolute atomic E-state index is 6.07. The minimum absolute atomic E-state index is 0.490. The Bertz CT molecular complexity index is 1000. The van der Waals surface area contributed by atoms with Crippen molar-refractivity contribution in [2.24, 2.45) is 11.8 Å². The quantitative estimate of drug-likeness (QED) is 0.351. The average molecular weight is 422 g/mol. The van der Waals surface area contributed by atoms with Crippen molar-refractivity contribution in [2.75, 3.05) is 32.8 Å². The van der Waals surface area contributed by atoms with Gasteiger partial charge in [-0.3, -0.25) is 4.90 Å². The van der Waals surface area contributed by atoms with Crippen LogP contribution >= 0.6 is 0 Å². The van der Waals surface area contributed by atoms with Gasteiger partial charge < -0.3 is 9.47 Å². The highest BCUT2D eigenvalue weighted by Crippen LogP contribution is 2.32. The first-order valence-electron chi connectivity index (χ1n) is 11.8. The molecule has 2 aromatic carbocycles. The molecule has 166 valence electrons. The predicted octanol–water partition coefficient (Wildman–Crippen LogP) is 5.71. The first kappa shape index (κ1) is 21.8. The Balaban J connectivity index is 1.39. The lowest BCUT2D eigenvalue weighted by atomic mass is 10.2. The largest absolute Gasteiger partial charge is 0.493 e. The van der Waals surface area contributed by atoms with Crippen LogP contribution in [-0.4, -0.2) is 47.7 Å². The van der Waals surface area contributed by atoms with E-state index in [1.165, 1.54) is 32.2 Å². The molecule has 5 nitrogen and oxygen atoms in total. The number of benzene rings is 2. The van der Waals surface area contributed by atoms with Gasteiger partial charge in [0.25, 0.3) is 0 Å². The van der Waals surface area contributed by atoms with Gasteiger partial charge in [0, 0.05) is 18.7 Å². The van der Waals surface area contributed by atoms with E-state index in [4.69, 9.17) is 19.4 Å². The summed E-state index contributed by atoms with van der Waals surface area (Å²) in [6, 6.07) is 11.9. The number of aromatic nitrogens is 2. The predicted molar refractivity (Wildman–Crippen MR) is 127 cm³/mol. The van der Waals surface area contributed by atoms with Crippen LogP contribution in [0.1, 0.15) is 46.5 Å². The fraction of sp³-hybridized carbons (Fsp3) is 0.538. The van der Waals surface area contributed by atoms with Gasteiger partial charge in [0.05, 0.1) is 28.7 Å². The highest BCUT2D eigenvalue weighted by atomic mass is 16.5. The normalized spacial score (nSPS) is 14.1. The average Bonchev–Trinajstić information content (AvgIpc) is 3.59. The molecule has 1 aromatic heterocycles. The van der Waals surface area contributed by atoms with Crippen LogP contribution in [0.3, 0.4) is 0 Å². The summed E-state index contributed by atoms with van der Waals surface area (Å²) in [6.45, 7) is 11.2. The van der Waals surface area contributed by atoms with E-state index in [0.29, 0.717) is 19.1 Å². The van der Waals surface area contributed by atoms with E-state index in [0.717, 1.165) is 52.6 Å². The zero-order chi connectivity index (χ0) is 21.6. The number of hydrogen-bond donors (Lipinski definition) is 0. The second-order valence-electron chi connectivity index (χ2n) is 9.15. The minimum atomic E-state index is 0.490. The van der Waals surface area contributed by atoms with Crippen molar-refractivity contribution in [2.45, 2.75) is 46.5 Å². The molecule has 4 rings (SSSR count). The van der Waals surface area contributed by atoms with E-state index in [2.05, 4.69) is 25.7 Å². The zero-order valence-corrected chi connectivity index (χ0v) is 19.1. The Labute approximate surface area is 185 Å². The fourth-order valence-corrected chi connectivity index (χ4v) is 3.79. The van der Waals surface area contributed by atoms with Gasteiger partial charge in [0.1, 0.15) is 18.1 Å². The monoisotopic (exact) mass is 421 g/mol. The van der Waals surface area contributed by atoms with Crippen molar-refractivity contribution in [1.29, 1.82) is 0 Å². The first-order valence-corrected chi connectivity index (χ1v) is 11.8. The van der Waals surface area contributed by atoms with Crippen LogP contribution in [0.15, 0.2) is 36.4 Å². The second kappa shape index (κ2) is 10.3. The molecular weight excluding hydrogens is 386 g/mol. The van der Waals surface area contributed by atoms with E-state index >= 15 is 0 Å². The zero-order valence-electron chi connectivity index (χ0n) is 19.1. The molecule has 3 aromatic rings. The molecule has 0 saturated heterocycles. The van der Waals surface area contributed by atoms with Crippen molar-refractivity contribution in [3.8, 4) is 11.5 Å². The number of fused-ring (bicyclic) bond motifs is 2. The molecule has 1 fully saturated rings. The van der Waals surface area contributed by atoms with Gasteiger partial charge >= 0.3 is 0 Å². The fourth-order valence-electron chi connectivity index (χ4n) is 3.79. The SMILES string of the molecule is CCCN(CCOc1ccc2nc3cc(OCC(C)C)ccc3nc2c1)CCC1CC1. The molecular formula is C26H35N3O2. The summed E-state index contributed by atoms with van der Waals surface area (Å²) in [6.07, 6.45) is 5.38. The van der Waals surface area contributed by atoms with Crippen molar-refractivity contribution < 1.29 is 9.47 Å². The lowest BCUT2D eigenvalue weighted by molar-refractivity contribution is 0.204. The van der Waals surface area contributed by atoms with Gasteiger partial charge in [0.2, 0.25) is 0 Å². The smallest absolute Gasteiger partial charge is 0.121 e. The molecule has 1 heterocycles. The van der Waals surface area contributed by atoms with Gasteiger partial charge in [-0.25, -0.2) is 9.97 Å². The maximum Gasteiger partial charge on any atom is 0.121 e. The molecule has 1 saturated carbocycles. The van der Waals surface area contributed by atoms with Crippen molar-refractivity contribution >= 4 is 22.1 Å². The van der Waals surface area contributed by atoms with Crippen LogP contribution in [0.2, 0.25) is 0 Å². The highest BCUT2D eigenvalue weighted by Gasteiger charge is 2.21. The Morgan fingerprint density at radius 1 is 0.871 bits per heavy atom. The Morgan fingerprint density at radius 3 is 2.10 bits per heavy atom. The lowest BCUT2D eigenvalue weighted by Crippen LogP contribution is -2.30. The van der Waals surface area contributed by atoms with Gasteiger partial charge in [0.15, 0.2) is 0 Å².